The van der Waals surface area contributed by atoms with Gasteiger partial charge in [-0.3, -0.25) is 0 Å². The molecule has 2 nitrogen and oxygen atoms in total. The Morgan fingerprint density at radius 1 is 1.32 bits per heavy atom. The molecule has 0 atom stereocenters. The number of benzene rings is 1. The minimum absolute atomic E-state index is 0.396. The second-order valence-electron chi connectivity index (χ2n) is 5.20. The van der Waals surface area contributed by atoms with Crippen LogP contribution in [0, 0.1) is 12.8 Å². The van der Waals surface area contributed by atoms with Crippen molar-refractivity contribution in [1.29, 1.82) is 0 Å². The van der Waals surface area contributed by atoms with E-state index in [2.05, 4.69) is 38.0 Å². The molecule has 0 radical (unpaired) electrons. The van der Waals surface area contributed by atoms with Crippen LogP contribution in [0.5, 0.6) is 0 Å². The largest absolute Gasteiger partial charge is 0.222 e. The summed E-state index contributed by atoms with van der Waals surface area (Å²) in [5.41, 5.74) is 4.10. The van der Waals surface area contributed by atoms with Crippen molar-refractivity contribution < 1.29 is 0 Å². The molecular formula is C15H18Cl2N2. The summed E-state index contributed by atoms with van der Waals surface area (Å²) < 4.78 is 1.78. The molecule has 0 fully saturated rings. The summed E-state index contributed by atoms with van der Waals surface area (Å²) in [7, 11) is 0. The summed E-state index contributed by atoms with van der Waals surface area (Å²) in [5.74, 6) is 0.922. The molecule has 2 aromatic rings. The van der Waals surface area contributed by atoms with Crippen molar-refractivity contribution in [2.75, 3.05) is 0 Å². The Labute approximate surface area is 124 Å². The predicted octanol–water partition coefficient (Wildman–Crippen LogP) is 4.77. The average Bonchev–Trinajstić information content (AvgIpc) is 2.65. The van der Waals surface area contributed by atoms with E-state index in [1.54, 1.807) is 4.68 Å². The molecule has 0 spiro atoms. The van der Waals surface area contributed by atoms with Crippen molar-refractivity contribution in [1.82, 2.24) is 9.78 Å². The number of aromatic nitrogens is 2. The molecule has 0 saturated carbocycles. The van der Waals surface area contributed by atoms with Crippen LogP contribution in [0.4, 0.5) is 0 Å². The van der Waals surface area contributed by atoms with Gasteiger partial charge in [0.05, 0.1) is 17.3 Å². The molecule has 0 aliphatic carbocycles. The van der Waals surface area contributed by atoms with Crippen LogP contribution in [0.25, 0.3) is 5.69 Å². The number of hydrogen-bond acceptors (Lipinski definition) is 1. The molecule has 0 N–H and O–H groups in total. The van der Waals surface area contributed by atoms with Crippen LogP contribution in [-0.4, -0.2) is 9.78 Å². The van der Waals surface area contributed by atoms with Gasteiger partial charge in [0.25, 0.3) is 0 Å². The van der Waals surface area contributed by atoms with Gasteiger partial charge < -0.3 is 0 Å². The number of aryl methyl sites for hydroxylation is 1. The van der Waals surface area contributed by atoms with Crippen LogP contribution < -0.4 is 0 Å². The molecule has 0 saturated heterocycles. The lowest BCUT2D eigenvalue weighted by Crippen LogP contribution is -2.00. The van der Waals surface area contributed by atoms with Crippen molar-refractivity contribution in [3.8, 4) is 5.69 Å². The third-order valence-corrected chi connectivity index (χ3v) is 3.64. The zero-order valence-electron chi connectivity index (χ0n) is 11.5. The monoisotopic (exact) mass is 296 g/mol. The molecule has 0 amide bonds. The molecular weight excluding hydrogens is 279 g/mol. The maximum atomic E-state index is 6.42. The van der Waals surface area contributed by atoms with Gasteiger partial charge in [-0.15, -0.1) is 11.6 Å². The summed E-state index contributed by atoms with van der Waals surface area (Å²) in [6.07, 6.45) is 0.889. The topological polar surface area (TPSA) is 17.8 Å². The van der Waals surface area contributed by atoms with Crippen molar-refractivity contribution in [3.05, 3.63) is 46.2 Å². The van der Waals surface area contributed by atoms with E-state index in [1.807, 2.05) is 12.1 Å². The first kappa shape index (κ1) is 14.4. The summed E-state index contributed by atoms with van der Waals surface area (Å²) in [6.45, 7) is 6.38. The predicted molar refractivity (Wildman–Crippen MR) is 81.4 cm³/mol. The molecule has 1 heterocycles. The van der Waals surface area contributed by atoms with Crippen molar-refractivity contribution >= 4 is 23.2 Å². The first-order valence-corrected chi connectivity index (χ1v) is 7.33. The Bertz CT molecular complexity index is 574. The lowest BCUT2D eigenvalue weighted by Gasteiger charge is -2.04. The Balaban J connectivity index is 2.49. The van der Waals surface area contributed by atoms with Crippen LogP contribution in [0.15, 0.2) is 24.3 Å². The van der Waals surface area contributed by atoms with E-state index < -0.39 is 0 Å². The SMILES string of the molecule is Cc1cccc(-n2nc(CC(C)C)c(CCl)c2Cl)c1. The molecule has 0 unspecified atom stereocenters. The summed E-state index contributed by atoms with van der Waals surface area (Å²) in [4.78, 5) is 0. The Kier molecular flexibility index (Phi) is 4.54. The van der Waals surface area contributed by atoms with Crippen LogP contribution in [-0.2, 0) is 12.3 Å². The van der Waals surface area contributed by atoms with Gasteiger partial charge in [-0.2, -0.15) is 5.10 Å². The molecule has 19 heavy (non-hydrogen) atoms. The quantitative estimate of drug-likeness (QED) is 0.743. The highest BCUT2D eigenvalue weighted by molar-refractivity contribution is 6.31. The highest BCUT2D eigenvalue weighted by Gasteiger charge is 2.17. The second-order valence-corrected chi connectivity index (χ2v) is 5.82. The van der Waals surface area contributed by atoms with Gasteiger partial charge in [0.15, 0.2) is 0 Å². The third kappa shape index (κ3) is 3.13. The Hall–Kier alpha value is -0.990. The lowest BCUT2D eigenvalue weighted by atomic mass is 10.1. The van der Waals surface area contributed by atoms with Gasteiger partial charge in [0.1, 0.15) is 5.15 Å². The maximum Gasteiger partial charge on any atom is 0.137 e. The third-order valence-electron chi connectivity index (χ3n) is 2.99. The number of halogens is 2. The lowest BCUT2D eigenvalue weighted by molar-refractivity contribution is 0.626. The molecule has 1 aromatic carbocycles. The van der Waals surface area contributed by atoms with Gasteiger partial charge in [-0.25, -0.2) is 4.68 Å². The normalized spacial score (nSPS) is 11.3. The molecule has 4 heteroatoms. The zero-order valence-corrected chi connectivity index (χ0v) is 13.0. The van der Waals surface area contributed by atoms with Crippen LogP contribution in [0.2, 0.25) is 5.15 Å². The van der Waals surface area contributed by atoms with Crippen molar-refractivity contribution in [2.45, 2.75) is 33.1 Å². The standard InChI is InChI=1S/C15H18Cl2N2/c1-10(2)7-14-13(9-16)15(17)19(18-14)12-6-4-5-11(3)8-12/h4-6,8,10H,7,9H2,1-3H3. The highest BCUT2D eigenvalue weighted by atomic mass is 35.5. The van der Waals surface area contributed by atoms with E-state index in [0.29, 0.717) is 17.0 Å². The molecule has 1 aromatic heterocycles. The second kappa shape index (κ2) is 5.98. The minimum Gasteiger partial charge on any atom is -0.222 e. The number of alkyl halides is 1. The fourth-order valence-corrected chi connectivity index (χ4v) is 2.75. The number of hydrogen-bond donors (Lipinski definition) is 0. The van der Waals surface area contributed by atoms with E-state index >= 15 is 0 Å². The Morgan fingerprint density at radius 2 is 2.05 bits per heavy atom. The summed E-state index contributed by atoms with van der Waals surface area (Å²) >= 11 is 12.4. The van der Waals surface area contributed by atoms with Crippen LogP contribution in [0.1, 0.15) is 30.7 Å². The molecule has 0 aliphatic rings. The summed E-state index contributed by atoms with van der Waals surface area (Å²) in [6, 6.07) is 8.13. The minimum atomic E-state index is 0.396. The van der Waals surface area contributed by atoms with Crippen LogP contribution >= 0.6 is 23.2 Å². The van der Waals surface area contributed by atoms with Gasteiger partial charge in [0.2, 0.25) is 0 Å². The van der Waals surface area contributed by atoms with E-state index in [9.17, 15) is 0 Å². The van der Waals surface area contributed by atoms with Crippen molar-refractivity contribution in [2.24, 2.45) is 5.92 Å². The van der Waals surface area contributed by atoms with Crippen molar-refractivity contribution in [3.63, 3.8) is 0 Å². The van der Waals surface area contributed by atoms with Gasteiger partial charge in [0, 0.05) is 5.56 Å². The Morgan fingerprint density at radius 3 is 2.63 bits per heavy atom. The van der Waals surface area contributed by atoms with E-state index in [4.69, 9.17) is 23.2 Å². The van der Waals surface area contributed by atoms with E-state index in [1.165, 1.54) is 5.56 Å². The smallest absolute Gasteiger partial charge is 0.137 e. The number of rotatable bonds is 4. The summed E-state index contributed by atoms with van der Waals surface area (Å²) in [5, 5.41) is 5.25. The van der Waals surface area contributed by atoms with E-state index in [0.717, 1.165) is 23.4 Å². The van der Waals surface area contributed by atoms with Gasteiger partial charge in [-0.1, -0.05) is 37.6 Å². The highest BCUT2D eigenvalue weighted by Crippen LogP contribution is 2.27. The fraction of sp³-hybridized carbons (Fsp3) is 0.400. The van der Waals surface area contributed by atoms with Gasteiger partial charge in [-0.05, 0) is 37.0 Å². The number of nitrogens with zero attached hydrogens (tertiary/aromatic N) is 2. The van der Waals surface area contributed by atoms with Gasteiger partial charge >= 0.3 is 0 Å². The average molecular weight is 297 g/mol. The maximum absolute atomic E-state index is 6.42. The first-order chi connectivity index (χ1) is 9.02. The zero-order chi connectivity index (χ0) is 14.0. The molecule has 0 aliphatic heterocycles. The molecule has 102 valence electrons. The van der Waals surface area contributed by atoms with Crippen LogP contribution in [0.3, 0.4) is 0 Å². The first-order valence-electron chi connectivity index (χ1n) is 6.42. The molecule has 0 bridgehead atoms. The fourth-order valence-electron chi connectivity index (χ4n) is 2.09. The molecule has 2 rings (SSSR count). The van der Waals surface area contributed by atoms with E-state index in [-0.39, 0.29) is 0 Å².